The first kappa shape index (κ1) is 12.2. The molecule has 0 radical (unpaired) electrons. The van der Waals surface area contributed by atoms with Crippen molar-refractivity contribution in [1.29, 1.82) is 0 Å². The van der Waals surface area contributed by atoms with E-state index < -0.39 is 0 Å². The normalized spacial score (nSPS) is 23.4. The second-order valence-corrected chi connectivity index (χ2v) is 5.85. The van der Waals surface area contributed by atoms with Crippen molar-refractivity contribution in [3.8, 4) is 0 Å². The SMILES string of the molecule is CC(c1ccoc1)N(CC1CCNCC1)C1CC1. The average molecular weight is 248 g/mol. The molecule has 1 aromatic heterocycles. The van der Waals surface area contributed by atoms with Gasteiger partial charge in [0.15, 0.2) is 0 Å². The highest BCUT2D eigenvalue weighted by Gasteiger charge is 2.34. The first-order valence-corrected chi connectivity index (χ1v) is 7.33. The van der Waals surface area contributed by atoms with Gasteiger partial charge < -0.3 is 9.73 Å². The van der Waals surface area contributed by atoms with Crippen molar-refractivity contribution in [3.63, 3.8) is 0 Å². The molecule has 0 spiro atoms. The Morgan fingerprint density at radius 2 is 2.11 bits per heavy atom. The summed E-state index contributed by atoms with van der Waals surface area (Å²) < 4.78 is 5.24. The van der Waals surface area contributed by atoms with Crippen LogP contribution in [0.2, 0.25) is 0 Å². The van der Waals surface area contributed by atoms with Crippen LogP contribution in [0.5, 0.6) is 0 Å². The Labute approximate surface area is 110 Å². The van der Waals surface area contributed by atoms with Gasteiger partial charge in [0, 0.05) is 24.2 Å². The lowest BCUT2D eigenvalue weighted by Crippen LogP contribution is -2.38. The molecule has 2 heterocycles. The van der Waals surface area contributed by atoms with Crippen LogP contribution in [0.25, 0.3) is 0 Å². The minimum atomic E-state index is 0.506. The second kappa shape index (κ2) is 5.45. The maximum absolute atomic E-state index is 5.24. The van der Waals surface area contributed by atoms with Gasteiger partial charge >= 0.3 is 0 Å². The minimum Gasteiger partial charge on any atom is -0.472 e. The molecule has 1 saturated heterocycles. The highest BCUT2D eigenvalue weighted by molar-refractivity contribution is 5.12. The van der Waals surface area contributed by atoms with E-state index >= 15 is 0 Å². The molecule has 2 aliphatic rings. The van der Waals surface area contributed by atoms with Gasteiger partial charge in [-0.25, -0.2) is 0 Å². The molecule has 1 N–H and O–H groups in total. The van der Waals surface area contributed by atoms with E-state index in [2.05, 4.69) is 23.2 Å². The zero-order valence-corrected chi connectivity index (χ0v) is 11.3. The molecule has 100 valence electrons. The van der Waals surface area contributed by atoms with E-state index in [9.17, 15) is 0 Å². The fourth-order valence-corrected chi connectivity index (χ4v) is 3.10. The third kappa shape index (κ3) is 2.78. The number of rotatable bonds is 5. The van der Waals surface area contributed by atoms with Crippen LogP contribution in [-0.4, -0.2) is 30.6 Å². The lowest BCUT2D eigenvalue weighted by atomic mass is 9.96. The van der Waals surface area contributed by atoms with E-state index in [4.69, 9.17) is 4.42 Å². The molecule has 0 amide bonds. The fraction of sp³-hybridized carbons (Fsp3) is 0.733. The van der Waals surface area contributed by atoms with Gasteiger partial charge in [0.1, 0.15) is 0 Å². The Kier molecular flexibility index (Phi) is 3.71. The largest absolute Gasteiger partial charge is 0.472 e. The molecule has 3 nitrogen and oxygen atoms in total. The molecule has 1 aliphatic carbocycles. The molecule has 0 aromatic carbocycles. The van der Waals surface area contributed by atoms with Crippen LogP contribution in [0.3, 0.4) is 0 Å². The molecule has 0 bridgehead atoms. The maximum atomic E-state index is 5.24. The Bertz CT molecular complexity index is 353. The van der Waals surface area contributed by atoms with Crippen LogP contribution < -0.4 is 5.32 Å². The van der Waals surface area contributed by atoms with Crippen LogP contribution in [0.4, 0.5) is 0 Å². The first-order chi connectivity index (χ1) is 8.84. The van der Waals surface area contributed by atoms with Gasteiger partial charge in [-0.3, -0.25) is 4.90 Å². The average Bonchev–Trinajstić information content (AvgIpc) is 3.10. The van der Waals surface area contributed by atoms with Gasteiger partial charge in [-0.15, -0.1) is 0 Å². The van der Waals surface area contributed by atoms with Gasteiger partial charge in [-0.1, -0.05) is 0 Å². The van der Waals surface area contributed by atoms with E-state index in [1.807, 2.05) is 6.26 Å². The molecular weight excluding hydrogens is 224 g/mol. The number of nitrogens with one attached hydrogen (secondary N) is 1. The van der Waals surface area contributed by atoms with Crippen molar-refractivity contribution in [3.05, 3.63) is 24.2 Å². The van der Waals surface area contributed by atoms with Gasteiger partial charge in [-0.2, -0.15) is 0 Å². The number of hydrogen-bond donors (Lipinski definition) is 1. The predicted octanol–water partition coefficient (Wildman–Crippen LogP) is 2.80. The van der Waals surface area contributed by atoms with Gasteiger partial charge in [-0.05, 0) is 57.7 Å². The van der Waals surface area contributed by atoms with Crippen molar-refractivity contribution in [2.24, 2.45) is 5.92 Å². The standard InChI is InChI=1S/C15H24N2O/c1-12(14-6-9-18-11-14)17(15-2-3-15)10-13-4-7-16-8-5-13/h6,9,11-13,15-16H,2-5,7-8,10H2,1H3. The number of piperidine rings is 1. The maximum Gasteiger partial charge on any atom is 0.0950 e. The van der Waals surface area contributed by atoms with Crippen molar-refractivity contribution < 1.29 is 4.42 Å². The summed E-state index contributed by atoms with van der Waals surface area (Å²) in [4.78, 5) is 2.71. The van der Waals surface area contributed by atoms with Crippen LogP contribution in [0.1, 0.15) is 44.2 Å². The summed E-state index contributed by atoms with van der Waals surface area (Å²) in [7, 11) is 0. The van der Waals surface area contributed by atoms with Crippen LogP contribution in [0.15, 0.2) is 23.0 Å². The second-order valence-electron chi connectivity index (χ2n) is 5.85. The first-order valence-electron chi connectivity index (χ1n) is 7.33. The fourth-order valence-electron chi connectivity index (χ4n) is 3.10. The third-order valence-corrected chi connectivity index (χ3v) is 4.47. The summed E-state index contributed by atoms with van der Waals surface area (Å²) in [6.45, 7) is 5.98. The number of hydrogen-bond acceptors (Lipinski definition) is 3. The minimum absolute atomic E-state index is 0.506. The van der Waals surface area contributed by atoms with Crippen molar-refractivity contribution in [2.75, 3.05) is 19.6 Å². The Morgan fingerprint density at radius 3 is 2.72 bits per heavy atom. The van der Waals surface area contributed by atoms with E-state index in [-0.39, 0.29) is 0 Å². The zero-order chi connectivity index (χ0) is 12.4. The molecule has 18 heavy (non-hydrogen) atoms. The Hall–Kier alpha value is -0.800. The van der Waals surface area contributed by atoms with Gasteiger partial charge in [0.05, 0.1) is 12.5 Å². The number of nitrogens with zero attached hydrogens (tertiary/aromatic N) is 1. The van der Waals surface area contributed by atoms with E-state index in [1.54, 1.807) is 6.26 Å². The molecule has 2 fully saturated rings. The molecule has 1 aliphatic heterocycles. The topological polar surface area (TPSA) is 28.4 Å². The molecule has 1 saturated carbocycles. The van der Waals surface area contributed by atoms with Gasteiger partial charge in [0.2, 0.25) is 0 Å². The van der Waals surface area contributed by atoms with E-state index in [1.165, 1.54) is 50.9 Å². The van der Waals surface area contributed by atoms with Crippen LogP contribution >= 0.6 is 0 Å². The van der Waals surface area contributed by atoms with Crippen LogP contribution in [-0.2, 0) is 0 Å². The van der Waals surface area contributed by atoms with Crippen LogP contribution in [0, 0.1) is 5.92 Å². The molecular formula is C15H24N2O. The summed E-state index contributed by atoms with van der Waals surface area (Å²) in [6.07, 6.45) is 9.13. The molecule has 3 rings (SSSR count). The summed E-state index contributed by atoms with van der Waals surface area (Å²) in [5.41, 5.74) is 1.33. The smallest absolute Gasteiger partial charge is 0.0950 e. The molecule has 1 aromatic rings. The summed E-state index contributed by atoms with van der Waals surface area (Å²) in [6, 6.07) is 3.44. The molecule has 1 atom stereocenters. The zero-order valence-electron chi connectivity index (χ0n) is 11.3. The summed E-state index contributed by atoms with van der Waals surface area (Å²) >= 11 is 0. The highest BCUT2D eigenvalue weighted by atomic mass is 16.3. The third-order valence-electron chi connectivity index (χ3n) is 4.47. The molecule has 1 unspecified atom stereocenters. The highest BCUT2D eigenvalue weighted by Crippen LogP contribution is 2.35. The van der Waals surface area contributed by atoms with Crippen molar-refractivity contribution >= 4 is 0 Å². The van der Waals surface area contributed by atoms with E-state index in [0.717, 1.165) is 12.0 Å². The van der Waals surface area contributed by atoms with E-state index in [0.29, 0.717) is 6.04 Å². The lowest BCUT2D eigenvalue weighted by Gasteiger charge is -2.34. The monoisotopic (exact) mass is 248 g/mol. The Balaban J connectivity index is 1.64. The van der Waals surface area contributed by atoms with Crippen molar-refractivity contribution in [2.45, 2.75) is 44.7 Å². The number of furan rings is 1. The summed E-state index contributed by atoms with van der Waals surface area (Å²) in [5.74, 6) is 0.876. The molecule has 3 heteroatoms. The van der Waals surface area contributed by atoms with Crippen molar-refractivity contribution in [1.82, 2.24) is 10.2 Å². The lowest BCUT2D eigenvalue weighted by molar-refractivity contribution is 0.151. The van der Waals surface area contributed by atoms with Gasteiger partial charge in [0.25, 0.3) is 0 Å². The quantitative estimate of drug-likeness (QED) is 0.868. The predicted molar refractivity (Wildman–Crippen MR) is 72.4 cm³/mol. The summed E-state index contributed by atoms with van der Waals surface area (Å²) in [5, 5.41) is 3.46. The Morgan fingerprint density at radius 1 is 1.33 bits per heavy atom.